The molecule has 138 valence electrons. The van der Waals surface area contributed by atoms with Gasteiger partial charge >= 0.3 is 0 Å². The highest BCUT2D eigenvalue weighted by Crippen LogP contribution is 2.49. The highest BCUT2D eigenvalue weighted by atomic mass is 19.1. The summed E-state index contributed by atoms with van der Waals surface area (Å²) in [5.74, 6) is -0.201. The van der Waals surface area contributed by atoms with Crippen molar-refractivity contribution in [1.82, 2.24) is 4.90 Å². The lowest BCUT2D eigenvalue weighted by Gasteiger charge is -2.53. The van der Waals surface area contributed by atoms with Gasteiger partial charge in [0.2, 0.25) is 0 Å². The molecule has 3 aromatic carbocycles. The zero-order chi connectivity index (χ0) is 18.8. The predicted molar refractivity (Wildman–Crippen MR) is 103 cm³/mol. The molecule has 0 amide bonds. The number of nitrogens with zero attached hydrogens (tertiary/aromatic N) is 1. The van der Waals surface area contributed by atoms with E-state index in [1.807, 2.05) is 30.3 Å². The Labute approximate surface area is 158 Å². The molecule has 0 aliphatic carbocycles. The topological polar surface area (TPSA) is 43.7 Å². The van der Waals surface area contributed by atoms with Crippen LogP contribution in [-0.4, -0.2) is 27.9 Å². The monoisotopic (exact) mass is 363 g/mol. The molecule has 3 atom stereocenters. The van der Waals surface area contributed by atoms with Crippen LogP contribution in [0.1, 0.15) is 28.7 Å². The number of likely N-dealkylation sites (tertiary alicyclic amines) is 1. The van der Waals surface area contributed by atoms with Crippen LogP contribution in [0.4, 0.5) is 4.39 Å². The molecule has 1 heterocycles. The SMILES string of the molecule is Oc1ccc([C@H]2[C@H](c3ccc(F)cc3)C(O)N2CCc2ccccc2)cc1. The average molecular weight is 363 g/mol. The van der Waals surface area contributed by atoms with Crippen molar-refractivity contribution in [2.75, 3.05) is 6.54 Å². The van der Waals surface area contributed by atoms with Crippen LogP contribution in [0.25, 0.3) is 0 Å². The van der Waals surface area contributed by atoms with E-state index in [-0.39, 0.29) is 23.5 Å². The number of hydrogen-bond acceptors (Lipinski definition) is 3. The lowest BCUT2D eigenvalue weighted by atomic mass is 9.76. The number of hydrogen-bond donors (Lipinski definition) is 2. The van der Waals surface area contributed by atoms with Crippen LogP contribution in [-0.2, 0) is 6.42 Å². The molecule has 27 heavy (non-hydrogen) atoms. The lowest BCUT2D eigenvalue weighted by Crippen LogP contribution is -2.57. The van der Waals surface area contributed by atoms with Gasteiger partial charge in [0.25, 0.3) is 0 Å². The molecular weight excluding hydrogens is 341 g/mol. The molecule has 0 aromatic heterocycles. The van der Waals surface area contributed by atoms with Crippen molar-refractivity contribution in [1.29, 1.82) is 0 Å². The smallest absolute Gasteiger partial charge is 0.123 e. The fourth-order valence-corrected chi connectivity index (χ4v) is 3.92. The molecule has 3 nitrogen and oxygen atoms in total. The molecule has 1 unspecified atom stereocenters. The molecule has 4 rings (SSSR count). The first-order valence-corrected chi connectivity index (χ1v) is 9.15. The molecule has 1 fully saturated rings. The number of aromatic hydroxyl groups is 1. The Bertz CT molecular complexity index is 881. The van der Waals surface area contributed by atoms with E-state index in [2.05, 4.69) is 17.0 Å². The van der Waals surface area contributed by atoms with Crippen LogP contribution in [0.2, 0.25) is 0 Å². The number of rotatable bonds is 5. The van der Waals surface area contributed by atoms with E-state index in [0.29, 0.717) is 6.54 Å². The van der Waals surface area contributed by atoms with Crippen molar-refractivity contribution in [3.05, 3.63) is 101 Å². The summed E-state index contributed by atoms with van der Waals surface area (Å²) >= 11 is 0. The molecular formula is C23H22FNO2. The second-order valence-electron chi connectivity index (χ2n) is 7.00. The summed E-state index contributed by atoms with van der Waals surface area (Å²) in [5.41, 5.74) is 3.16. The van der Waals surface area contributed by atoms with Gasteiger partial charge < -0.3 is 10.2 Å². The molecule has 4 heteroatoms. The second kappa shape index (κ2) is 7.51. The Hall–Kier alpha value is -2.69. The van der Waals surface area contributed by atoms with Gasteiger partial charge in [0.05, 0.1) is 0 Å². The van der Waals surface area contributed by atoms with Crippen molar-refractivity contribution in [3.8, 4) is 5.75 Å². The third-order valence-corrected chi connectivity index (χ3v) is 5.35. The van der Waals surface area contributed by atoms with Gasteiger partial charge in [0.1, 0.15) is 17.8 Å². The van der Waals surface area contributed by atoms with Crippen LogP contribution in [0.15, 0.2) is 78.9 Å². The average Bonchev–Trinajstić information content (AvgIpc) is 2.69. The van der Waals surface area contributed by atoms with Crippen molar-refractivity contribution >= 4 is 0 Å². The maximum atomic E-state index is 13.3. The normalized spacial score (nSPS) is 22.4. The Kier molecular flexibility index (Phi) is 4.92. The molecule has 3 aromatic rings. The minimum absolute atomic E-state index is 0.0187. The van der Waals surface area contributed by atoms with Gasteiger partial charge in [-0.2, -0.15) is 0 Å². The van der Waals surface area contributed by atoms with E-state index >= 15 is 0 Å². The Morgan fingerprint density at radius 2 is 1.44 bits per heavy atom. The number of phenolic OH excluding ortho intramolecular Hbond substituents is 1. The molecule has 0 spiro atoms. The third-order valence-electron chi connectivity index (χ3n) is 5.35. The quantitative estimate of drug-likeness (QED) is 0.713. The molecule has 0 saturated carbocycles. The first-order chi connectivity index (χ1) is 13.1. The van der Waals surface area contributed by atoms with Crippen LogP contribution in [0, 0.1) is 5.82 Å². The second-order valence-corrected chi connectivity index (χ2v) is 7.00. The maximum Gasteiger partial charge on any atom is 0.123 e. The van der Waals surface area contributed by atoms with Crippen molar-refractivity contribution in [2.24, 2.45) is 0 Å². The van der Waals surface area contributed by atoms with Gasteiger partial charge in [-0.05, 0) is 47.4 Å². The minimum Gasteiger partial charge on any atom is -0.508 e. The lowest BCUT2D eigenvalue weighted by molar-refractivity contribution is -0.144. The summed E-state index contributed by atoms with van der Waals surface area (Å²) in [6, 6.07) is 23.6. The van der Waals surface area contributed by atoms with Gasteiger partial charge in [-0.1, -0.05) is 54.6 Å². The van der Waals surface area contributed by atoms with Gasteiger partial charge in [-0.3, -0.25) is 4.90 Å². The van der Waals surface area contributed by atoms with E-state index in [1.54, 1.807) is 24.3 Å². The first kappa shape index (κ1) is 17.7. The molecule has 1 saturated heterocycles. The predicted octanol–water partition coefficient (Wildman–Crippen LogP) is 4.23. The zero-order valence-corrected chi connectivity index (χ0v) is 14.9. The van der Waals surface area contributed by atoms with E-state index in [4.69, 9.17) is 0 Å². The van der Waals surface area contributed by atoms with Crippen LogP contribution in [0.3, 0.4) is 0 Å². The molecule has 0 bridgehead atoms. The molecule has 1 aliphatic heterocycles. The third kappa shape index (κ3) is 3.59. The summed E-state index contributed by atoms with van der Waals surface area (Å²) in [7, 11) is 0. The number of phenols is 1. The van der Waals surface area contributed by atoms with Gasteiger partial charge in [0, 0.05) is 18.5 Å². The molecule has 2 N–H and O–H groups in total. The minimum atomic E-state index is -0.627. The van der Waals surface area contributed by atoms with Gasteiger partial charge in [0.15, 0.2) is 0 Å². The Morgan fingerprint density at radius 1 is 0.815 bits per heavy atom. The summed E-state index contributed by atoms with van der Waals surface area (Å²) in [6.45, 7) is 0.717. The Morgan fingerprint density at radius 3 is 2.11 bits per heavy atom. The summed E-state index contributed by atoms with van der Waals surface area (Å²) in [6.07, 6.45) is 0.209. The van der Waals surface area contributed by atoms with Gasteiger partial charge in [-0.15, -0.1) is 0 Å². The van der Waals surface area contributed by atoms with E-state index in [0.717, 1.165) is 17.5 Å². The maximum absolute atomic E-state index is 13.3. The van der Waals surface area contributed by atoms with Crippen LogP contribution in [0.5, 0.6) is 5.75 Å². The van der Waals surface area contributed by atoms with Crippen molar-refractivity contribution in [3.63, 3.8) is 0 Å². The fraction of sp³-hybridized carbons (Fsp3) is 0.217. The fourth-order valence-electron chi connectivity index (χ4n) is 3.92. The Balaban J connectivity index is 1.60. The van der Waals surface area contributed by atoms with Crippen LogP contribution >= 0.6 is 0 Å². The number of aliphatic hydroxyl groups is 1. The van der Waals surface area contributed by atoms with Crippen molar-refractivity contribution in [2.45, 2.75) is 24.6 Å². The number of halogens is 1. The summed E-state index contributed by atoms with van der Waals surface area (Å²) < 4.78 is 13.3. The molecule has 1 aliphatic rings. The number of benzene rings is 3. The van der Waals surface area contributed by atoms with E-state index < -0.39 is 6.23 Å². The van der Waals surface area contributed by atoms with Gasteiger partial charge in [-0.25, -0.2) is 4.39 Å². The van der Waals surface area contributed by atoms with Crippen molar-refractivity contribution < 1.29 is 14.6 Å². The van der Waals surface area contributed by atoms with Crippen LogP contribution < -0.4 is 0 Å². The van der Waals surface area contributed by atoms with E-state index in [9.17, 15) is 14.6 Å². The summed E-state index contributed by atoms with van der Waals surface area (Å²) in [5, 5.41) is 20.4. The standard InChI is InChI=1S/C23H22FNO2/c24-19-10-6-17(7-11-19)21-22(18-8-12-20(26)13-9-18)25(23(21)27)15-14-16-4-2-1-3-5-16/h1-13,21-23,26-27H,14-15H2/t21-,22-,23?/m0/s1. The van der Waals surface area contributed by atoms with E-state index in [1.165, 1.54) is 17.7 Å². The zero-order valence-electron chi connectivity index (χ0n) is 14.9. The highest BCUT2D eigenvalue weighted by molar-refractivity contribution is 5.36. The number of aliphatic hydroxyl groups excluding tert-OH is 1. The summed E-state index contributed by atoms with van der Waals surface area (Å²) in [4.78, 5) is 2.06. The first-order valence-electron chi connectivity index (χ1n) is 9.15. The molecule has 0 radical (unpaired) electrons. The highest BCUT2D eigenvalue weighted by Gasteiger charge is 2.48. The largest absolute Gasteiger partial charge is 0.508 e.